The Balaban J connectivity index is 1.55. The number of anilines is 3. The Morgan fingerprint density at radius 3 is 2.75 bits per heavy atom. The lowest BCUT2D eigenvalue weighted by Gasteiger charge is -2.35. The van der Waals surface area contributed by atoms with Crippen LogP contribution in [-0.2, 0) is 11.8 Å². The number of fused-ring (bicyclic) bond motifs is 1. The number of thiophene rings is 1. The summed E-state index contributed by atoms with van der Waals surface area (Å²) in [6, 6.07) is 2.72. The minimum Gasteiger partial charge on any atom is -0.355 e. The maximum atomic E-state index is 11.3. The second-order valence-corrected chi connectivity index (χ2v) is 8.27. The first-order valence-electron chi connectivity index (χ1n) is 9.50. The van der Waals surface area contributed by atoms with Gasteiger partial charge >= 0.3 is 0 Å². The minimum atomic E-state index is 0.0546. The molecule has 0 radical (unpaired) electrons. The molecule has 1 amide bonds. The maximum Gasteiger partial charge on any atom is 0.229 e. The highest BCUT2D eigenvalue weighted by Crippen LogP contribution is 2.34. The summed E-state index contributed by atoms with van der Waals surface area (Å²) in [6.45, 7) is 1.59. The lowest BCUT2D eigenvalue weighted by molar-refractivity contribution is -0.119. The summed E-state index contributed by atoms with van der Waals surface area (Å²) < 4.78 is 2.84. The highest BCUT2D eigenvalue weighted by Gasteiger charge is 2.26. The van der Waals surface area contributed by atoms with Gasteiger partial charge in [0, 0.05) is 39.3 Å². The summed E-state index contributed by atoms with van der Waals surface area (Å²) in [4.78, 5) is 23.1. The highest BCUT2D eigenvalue weighted by molar-refractivity contribution is 7.17. The molecule has 28 heavy (non-hydrogen) atoms. The lowest BCUT2D eigenvalue weighted by Crippen LogP contribution is -2.42. The molecular formula is C19H25N7OS. The van der Waals surface area contributed by atoms with Crippen molar-refractivity contribution in [2.45, 2.75) is 44.7 Å². The summed E-state index contributed by atoms with van der Waals surface area (Å²) >= 11 is 1.67. The van der Waals surface area contributed by atoms with Gasteiger partial charge < -0.3 is 15.5 Å². The van der Waals surface area contributed by atoms with Crippen molar-refractivity contribution in [3.8, 4) is 0 Å². The predicted octanol–water partition coefficient (Wildman–Crippen LogP) is 3.05. The van der Waals surface area contributed by atoms with Crippen molar-refractivity contribution in [3.05, 3.63) is 23.8 Å². The van der Waals surface area contributed by atoms with Gasteiger partial charge in [0.05, 0.1) is 22.1 Å². The smallest absolute Gasteiger partial charge is 0.229 e. The molecule has 0 saturated heterocycles. The van der Waals surface area contributed by atoms with Gasteiger partial charge in [0.2, 0.25) is 11.9 Å². The maximum absolute atomic E-state index is 11.3. The average Bonchev–Trinajstić information content (AvgIpc) is 3.29. The molecule has 1 aliphatic carbocycles. The Labute approximate surface area is 168 Å². The van der Waals surface area contributed by atoms with E-state index in [0.717, 1.165) is 47.4 Å². The summed E-state index contributed by atoms with van der Waals surface area (Å²) in [5.41, 5.74) is 1.81. The number of nitrogens with zero attached hydrogens (tertiary/aromatic N) is 5. The normalized spacial score (nSPS) is 19.5. The van der Waals surface area contributed by atoms with Crippen LogP contribution in [0.2, 0.25) is 0 Å². The molecule has 9 heteroatoms. The third-order valence-corrected chi connectivity index (χ3v) is 6.13. The fourth-order valence-electron chi connectivity index (χ4n) is 3.83. The molecule has 2 N–H and O–H groups in total. The van der Waals surface area contributed by atoms with Crippen LogP contribution in [0.25, 0.3) is 10.2 Å². The molecule has 3 heterocycles. The molecular weight excluding hydrogens is 374 g/mol. The Bertz CT molecular complexity index is 974. The molecule has 148 valence electrons. The third-order valence-electron chi connectivity index (χ3n) is 5.23. The van der Waals surface area contributed by atoms with Crippen molar-refractivity contribution < 1.29 is 4.79 Å². The van der Waals surface area contributed by atoms with E-state index in [1.54, 1.807) is 29.1 Å². The number of aryl methyl sites for hydroxylation is 1. The zero-order valence-corrected chi connectivity index (χ0v) is 17.2. The number of nitrogens with one attached hydrogen (secondary N) is 2. The van der Waals surface area contributed by atoms with Crippen LogP contribution >= 0.6 is 11.3 Å². The van der Waals surface area contributed by atoms with Crippen molar-refractivity contribution >= 4 is 44.9 Å². The number of hydrogen-bond donors (Lipinski definition) is 2. The number of carbonyl (C=O) groups is 1. The lowest BCUT2D eigenvalue weighted by atomic mass is 9.90. The van der Waals surface area contributed by atoms with Crippen LogP contribution in [0, 0.1) is 0 Å². The fraction of sp³-hybridized carbons (Fsp3) is 0.474. The summed E-state index contributed by atoms with van der Waals surface area (Å²) in [5.74, 6) is 1.58. The first-order chi connectivity index (χ1) is 13.5. The molecule has 1 saturated carbocycles. The van der Waals surface area contributed by atoms with E-state index in [2.05, 4.69) is 38.0 Å². The van der Waals surface area contributed by atoms with Gasteiger partial charge in [-0.15, -0.1) is 11.3 Å². The van der Waals surface area contributed by atoms with Gasteiger partial charge in [-0.3, -0.25) is 9.48 Å². The molecule has 0 unspecified atom stereocenters. The average molecular weight is 400 g/mol. The quantitative estimate of drug-likeness (QED) is 0.686. The van der Waals surface area contributed by atoms with Crippen LogP contribution in [0.1, 0.15) is 32.6 Å². The van der Waals surface area contributed by atoms with Crippen LogP contribution in [0.5, 0.6) is 0 Å². The predicted molar refractivity (Wildman–Crippen MR) is 112 cm³/mol. The van der Waals surface area contributed by atoms with E-state index >= 15 is 0 Å². The van der Waals surface area contributed by atoms with Crippen molar-refractivity contribution in [3.63, 3.8) is 0 Å². The van der Waals surface area contributed by atoms with Crippen molar-refractivity contribution in [2.24, 2.45) is 7.05 Å². The minimum absolute atomic E-state index is 0.0546. The summed E-state index contributed by atoms with van der Waals surface area (Å²) in [6.07, 6.45) is 7.71. The van der Waals surface area contributed by atoms with Crippen LogP contribution in [0.15, 0.2) is 23.8 Å². The monoisotopic (exact) mass is 399 g/mol. The van der Waals surface area contributed by atoms with Gasteiger partial charge in [-0.1, -0.05) is 0 Å². The molecule has 0 spiro atoms. The molecule has 4 rings (SSSR count). The molecule has 8 nitrogen and oxygen atoms in total. The Morgan fingerprint density at radius 2 is 2.07 bits per heavy atom. The number of carbonyl (C=O) groups excluding carboxylic acids is 1. The second-order valence-electron chi connectivity index (χ2n) is 7.35. The summed E-state index contributed by atoms with van der Waals surface area (Å²) in [7, 11) is 3.99. The topological polar surface area (TPSA) is 88.0 Å². The SMILES string of the molecule is CC(=O)NC1CCC(N(C)c2nc(Nc3cnn(C)c3)nc3ccsc23)CC1. The summed E-state index contributed by atoms with van der Waals surface area (Å²) in [5, 5.41) is 12.5. The van der Waals surface area contributed by atoms with Crippen LogP contribution in [0.4, 0.5) is 17.5 Å². The molecule has 0 aromatic carbocycles. The van der Waals surface area contributed by atoms with E-state index in [9.17, 15) is 4.79 Å². The van der Waals surface area contributed by atoms with Crippen molar-refractivity contribution in [2.75, 3.05) is 17.3 Å². The van der Waals surface area contributed by atoms with Crippen LogP contribution < -0.4 is 15.5 Å². The Kier molecular flexibility index (Phi) is 5.17. The molecule has 3 aromatic rings. The van der Waals surface area contributed by atoms with E-state index < -0.39 is 0 Å². The Hall–Kier alpha value is -2.68. The second kappa shape index (κ2) is 7.75. The largest absolute Gasteiger partial charge is 0.355 e. The number of aromatic nitrogens is 4. The van der Waals surface area contributed by atoms with E-state index in [1.165, 1.54) is 0 Å². The van der Waals surface area contributed by atoms with E-state index in [-0.39, 0.29) is 11.9 Å². The van der Waals surface area contributed by atoms with Gasteiger partial charge in [0.25, 0.3) is 0 Å². The number of rotatable bonds is 5. The first kappa shape index (κ1) is 18.7. The Morgan fingerprint density at radius 1 is 1.29 bits per heavy atom. The first-order valence-corrected chi connectivity index (χ1v) is 10.4. The van der Waals surface area contributed by atoms with E-state index in [0.29, 0.717) is 12.0 Å². The van der Waals surface area contributed by atoms with Crippen LogP contribution in [0.3, 0.4) is 0 Å². The van der Waals surface area contributed by atoms with Crippen molar-refractivity contribution in [1.29, 1.82) is 0 Å². The zero-order chi connectivity index (χ0) is 19.7. The van der Waals surface area contributed by atoms with Gasteiger partial charge in [0.15, 0.2) is 5.82 Å². The van der Waals surface area contributed by atoms with Gasteiger partial charge in [-0.05, 0) is 37.1 Å². The molecule has 0 atom stereocenters. The van der Waals surface area contributed by atoms with E-state index in [4.69, 9.17) is 4.98 Å². The third kappa shape index (κ3) is 3.94. The molecule has 3 aromatic heterocycles. The molecule has 1 fully saturated rings. The number of amides is 1. The highest BCUT2D eigenvalue weighted by atomic mass is 32.1. The number of hydrogen-bond acceptors (Lipinski definition) is 7. The standard InChI is InChI=1S/C19H25N7OS/c1-12(27)21-13-4-6-15(7-5-13)26(3)18-17-16(8-9-28-17)23-19(24-18)22-14-10-20-25(2)11-14/h8-11,13,15H,4-7H2,1-3H3,(H,21,27)(H,22,23,24). The van der Waals surface area contributed by atoms with Gasteiger partial charge in [0.1, 0.15) is 0 Å². The molecule has 0 aliphatic heterocycles. The molecule has 0 bridgehead atoms. The zero-order valence-electron chi connectivity index (χ0n) is 16.3. The van der Waals surface area contributed by atoms with Gasteiger partial charge in [-0.2, -0.15) is 10.1 Å². The van der Waals surface area contributed by atoms with Crippen molar-refractivity contribution in [1.82, 2.24) is 25.1 Å². The fourth-order valence-corrected chi connectivity index (χ4v) is 4.69. The van der Waals surface area contributed by atoms with Crippen LogP contribution in [-0.4, -0.2) is 44.8 Å². The molecule has 1 aliphatic rings. The van der Waals surface area contributed by atoms with Gasteiger partial charge in [-0.25, -0.2) is 4.98 Å². The van der Waals surface area contributed by atoms with E-state index in [1.807, 2.05) is 19.3 Å².